The quantitative estimate of drug-likeness (QED) is 0.873. The number of ether oxygens (including phenoxy) is 2. The van der Waals surface area contributed by atoms with Gasteiger partial charge in [0.05, 0.1) is 19.8 Å². The maximum Gasteiger partial charge on any atom is 0.125 e. The number of hydrogen-bond acceptors (Lipinski definition) is 4. The average Bonchev–Trinajstić information content (AvgIpc) is 2.47. The van der Waals surface area contributed by atoms with Crippen molar-refractivity contribution in [3.63, 3.8) is 0 Å². The Labute approximate surface area is 114 Å². The summed E-state index contributed by atoms with van der Waals surface area (Å²) >= 11 is 0. The topological polar surface area (TPSA) is 50.7 Å². The molecule has 0 saturated carbocycles. The Morgan fingerprint density at radius 3 is 2.79 bits per heavy atom. The zero-order valence-electron chi connectivity index (χ0n) is 11.9. The molecule has 2 atom stereocenters. The van der Waals surface area contributed by atoms with Gasteiger partial charge < -0.3 is 19.9 Å². The number of methoxy groups -OCH3 is 2. The average molecular weight is 265 g/mol. The number of aliphatic hydroxyl groups is 1. The molecule has 106 valence electrons. The SMILES string of the molecule is CCC1CNCCC1(O)c1cc(OC)ccc1OC. The molecule has 1 aromatic rings. The Balaban J connectivity index is 2.47. The fraction of sp³-hybridized carbons (Fsp3) is 0.600. The Kier molecular flexibility index (Phi) is 4.32. The van der Waals surface area contributed by atoms with Crippen LogP contribution in [-0.2, 0) is 5.60 Å². The standard InChI is InChI=1S/C15H23NO3/c1-4-11-10-16-8-7-15(11,17)13-9-12(18-2)5-6-14(13)19-3/h5-6,9,11,16-17H,4,7-8,10H2,1-3H3. The lowest BCUT2D eigenvalue weighted by molar-refractivity contribution is -0.0495. The van der Waals surface area contributed by atoms with Gasteiger partial charge in [-0.1, -0.05) is 6.92 Å². The molecule has 0 radical (unpaired) electrons. The van der Waals surface area contributed by atoms with E-state index in [0.717, 1.165) is 36.6 Å². The molecule has 4 nitrogen and oxygen atoms in total. The van der Waals surface area contributed by atoms with Gasteiger partial charge >= 0.3 is 0 Å². The molecule has 0 spiro atoms. The van der Waals surface area contributed by atoms with E-state index in [9.17, 15) is 5.11 Å². The lowest BCUT2D eigenvalue weighted by Crippen LogP contribution is -2.48. The summed E-state index contributed by atoms with van der Waals surface area (Å²) in [5, 5.41) is 14.5. The van der Waals surface area contributed by atoms with Crippen LogP contribution in [0.15, 0.2) is 18.2 Å². The van der Waals surface area contributed by atoms with Crippen LogP contribution >= 0.6 is 0 Å². The summed E-state index contributed by atoms with van der Waals surface area (Å²) in [7, 11) is 3.27. The Morgan fingerprint density at radius 1 is 1.37 bits per heavy atom. The molecule has 19 heavy (non-hydrogen) atoms. The molecule has 0 aromatic heterocycles. The van der Waals surface area contributed by atoms with Crippen LogP contribution in [0.3, 0.4) is 0 Å². The van der Waals surface area contributed by atoms with E-state index < -0.39 is 5.60 Å². The second kappa shape index (κ2) is 5.80. The van der Waals surface area contributed by atoms with Crippen LogP contribution in [0.2, 0.25) is 0 Å². The second-order valence-corrected chi connectivity index (χ2v) is 5.05. The van der Waals surface area contributed by atoms with Gasteiger partial charge in [0.2, 0.25) is 0 Å². The van der Waals surface area contributed by atoms with E-state index in [2.05, 4.69) is 12.2 Å². The molecule has 2 unspecified atom stereocenters. The van der Waals surface area contributed by atoms with Crippen LogP contribution in [0.5, 0.6) is 11.5 Å². The number of rotatable bonds is 4. The first kappa shape index (κ1) is 14.2. The van der Waals surface area contributed by atoms with Gasteiger partial charge in [-0.3, -0.25) is 0 Å². The van der Waals surface area contributed by atoms with Crippen molar-refractivity contribution in [1.82, 2.24) is 5.32 Å². The van der Waals surface area contributed by atoms with Crippen molar-refractivity contribution in [3.8, 4) is 11.5 Å². The summed E-state index contributed by atoms with van der Waals surface area (Å²) in [5.41, 5.74) is -0.0115. The molecule has 0 bridgehead atoms. The van der Waals surface area contributed by atoms with E-state index in [-0.39, 0.29) is 5.92 Å². The van der Waals surface area contributed by atoms with Gasteiger partial charge in [-0.05, 0) is 37.6 Å². The summed E-state index contributed by atoms with van der Waals surface area (Å²) in [6, 6.07) is 5.61. The minimum atomic E-state index is -0.847. The molecular formula is C15H23NO3. The fourth-order valence-corrected chi connectivity index (χ4v) is 2.92. The molecule has 2 N–H and O–H groups in total. The lowest BCUT2D eigenvalue weighted by Gasteiger charge is -2.41. The molecular weight excluding hydrogens is 242 g/mol. The van der Waals surface area contributed by atoms with Gasteiger partial charge in [0.25, 0.3) is 0 Å². The predicted octanol–water partition coefficient (Wildman–Crippen LogP) is 1.91. The van der Waals surface area contributed by atoms with E-state index in [1.54, 1.807) is 14.2 Å². The molecule has 0 amide bonds. The molecule has 2 rings (SSSR count). The minimum absolute atomic E-state index is 0.183. The third-order valence-corrected chi connectivity index (χ3v) is 4.11. The predicted molar refractivity (Wildman–Crippen MR) is 74.7 cm³/mol. The van der Waals surface area contributed by atoms with Crippen LogP contribution < -0.4 is 14.8 Å². The van der Waals surface area contributed by atoms with E-state index >= 15 is 0 Å². The molecule has 4 heteroatoms. The van der Waals surface area contributed by atoms with Crippen LogP contribution in [0, 0.1) is 5.92 Å². The molecule has 1 aliphatic heterocycles. The van der Waals surface area contributed by atoms with Gasteiger partial charge in [0, 0.05) is 18.0 Å². The highest BCUT2D eigenvalue weighted by Gasteiger charge is 2.41. The van der Waals surface area contributed by atoms with Crippen LogP contribution in [0.1, 0.15) is 25.3 Å². The summed E-state index contributed by atoms with van der Waals surface area (Å²) in [6.07, 6.45) is 1.61. The van der Waals surface area contributed by atoms with Gasteiger partial charge in [-0.15, -0.1) is 0 Å². The van der Waals surface area contributed by atoms with Crippen LogP contribution in [0.4, 0.5) is 0 Å². The molecule has 1 fully saturated rings. The number of benzene rings is 1. The maximum absolute atomic E-state index is 11.2. The number of nitrogens with one attached hydrogen (secondary N) is 1. The maximum atomic E-state index is 11.2. The van der Waals surface area contributed by atoms with Gasteiger partial charge in [0.1, 0.15) is 11.5 Å². The van der Waals surface area contributed by atoms with E-state index in [0.29, 0.717) is 6.42 Å². The van der Waals surface area contributed by atoms with Crippen molar-refractivity contribution in [2.45, 2.75) is 25.4 Å². The summed E-state index contributed by atoms with van der Waals surface area (Å²) in [6.45, 7) is 3.75. The largest absolute Gasteiger partial charge is 0.497 e. The first-order valence-corrected chi connectivity index (χ1v) is 6.81. The third-order valence-electron chi connectivity index (χ3n) is 4.11. The summed E-state index contributed by atoms with van der Waals surface area (Å²) in [4.78, 5) is 0. The molecule has 0 aliphatic carbocycles. The summed E-state index contributed by atoms with van der Waals surface area (Å²) in [5.74, 6) is 1.66. The summed E-state index contributed by atoms with van der Waals surface area (Å²) < 4.78 is 10.7. The van der Waals surface area contributed by atoms with Gasteiger partial charge in [-0.2, -0.15) is 0 Å². The highest BCUT2D eigenvalue weighted by atomic mass is 16.5. The van der Waals surface area contributed by atoms with E-state index in [1.165, 1.54) is 0 Å². The molecule has 1 heterocycles. The Bertz CT molecular complexity index is 435. The van der Waals surface area contributed by atoms with Crippen molar-refractivity contribution >= 4 is 0 Å². The third kappa shape index (κ3) is 2.55. The first-order valence-electron chi connectivity index (χ1n) is 6.81. The fourth-order valence-electron chi connectivity index (χ4n) is 2.92. The van der Waals surface area contributed by atoms with Crippen molar-refractivity contribution in [1.29, 1.82) is 0 Å². The molecule has 1 saturated heterocycles. The zero-order chi connectivity index (χ0) is 13.9. The van der Waals surface area contributed by atoms with Crippen molar-refractivity contribution in [2.75, 3.05) is 27.3 Å². The Hall–Kier alpha value is -1.26. The van der Waals surface area contributed by atoms with Gasteiger partial charge in [0.15, 0.2) is 0 Å². The Morgan fingerprint density at radius 2 is 2.16 bits per heavy atom. The smallest absolute Gasteiger partial charge is 0.125 e. The van der Waals surface area contributed by atoms with Crippen LogP contribution in [-0.4, -0.2) is 32.4 Å². The van der Waals surface area contributed by atoms with Crippen molar-refractivity contribution in [3.05, 3.63) is 23.8 Å². The number of piperidine rings is 1. The lowest BCUT2D eigenvalue weighted by atomic mass is 9.75. The monoisotopic (exact) mass is 265 g/mol. The highest BCUT2D eigenvalue weighted by molar-refractivity contribution is 5.44. The molecule has 1 aliphatic rings. The zero-order valence-corrected chi connectivity index (χ0v) is 11.9. The minimum Gasteiger partial charge on any atom is -0.497 e. The normalized spacial score (nSPS) is 27.1. The number of hydrogen-bond donors (Lipinski definition) is 2. The van der Waals surface area contributed by atoms with Crippen molar-refractivity contribution in [2.24, 2.45) is 5.92 Å². The van der Waals surface area contributed by atoms with E-state index in [1.807, 2.05) is 18.2 Å². The first-order chi connectivity index (χ1) is 9.15. The second-order valence-electron chi connectivity index (χ2n) is 5.05. The van der Waals surface area contributed by atoms with E-state index in [4.69, 9.17) is 9.47 Å². The molecule has 1 aromatic carbocycles. The van der Waals surface area contributed by atoms with Gasteiger partial charge in [-0.25, -0.2) is 0 Å². The highest BCUT2D eigenvalue weighted by Crippen LogP contribution is 2.42. The van der Waals surface area contributed by atoms with Crippen LogP contribution in [0.25, 0.3) is 0 Å². The van der Waals surface area contributed by atoms with Crippen molar-refractivity contribution < 1.29 is 14.6 Å².